The molecule has 3 aliphatic rings. The van der Waals surface area contributed by atoms with Gasteiger partial charge in [0, 0.05) is 42.6 Å². The van der Waals surface area contributed by atoms with E-state index in [1.165, 1.54) is 24.0 Å². The molecular formula is C18H21F2N3O3S. The van der Waals surface area contributed by atoms with Crippen LogP contribution >= 0.6 is 11.8 Å². The molecule has 3 heterocycles. The molecule has 6 nitrogen and oxygen atoms in total. The predicted molar refractivity (Wildman–Crippen MR) is 99.3 cm³/mol. The highest BCUT2D eigenvalue weighted by Gasteiger charge is 2.40. The van der Waals surface area contributed by atoms with E-state index in [0.717, 1.165) is 24.3 Å². The van der Waals surface area contributed by atoms with Crippen molar-refractivity contribution in [1.82, 2.24) is 5.32 Å². The maximum atomic E-state index is 14.9. The molecule has 0 radical (unpaired) electrons. The second kappa shape index (κ2) is 7.18. The minimum Gasteiger partial charge on any atom is -0.442 e. The molecule has 2 amide bonds. The molecule has 1 aromatic rings. The van der Waals surface area contributed by atoms with Crippen molar-refractivity contribution >= 4 is 35.1 Å². The maximum absolute atomic E-state index is 14.9. The first-order valence-electron chi connectivity index (χ1n) is 9.01. The van der Waals surface area contributed by atoms with Gasteiger partial charge in [-0.2, -0.15) is 11.8 Å². The van der Waals surface area contributed by atoms with Gasteiger partial charge in [-0.3, -0.25) is 9.69 Å². The Labute approximate surface area is 160 Å². The fourth-order valence-electron chi connectivity index (χ4n) is 4.04. The highest BCUT2D eigenvalue weighted by atomic mass is 32.2. The molecule has 3 atom stereocenters. The number of thioether (sulfide) groups is 1. The van der Waals surface area contributed by atoms with Crippen LogP contribution in [-0.2, 0) is 9.53 Å². The standard InChI is InChI=1S/C18H21F2N3O3S/c1-10(24)21-6-14-7-22(18(25)26-14)13-4-15(19)17(16(20)5-13)23-11-2-3-12(23)9-27-8-11/h4-5,11-12,14H,2-3,6-9H2,1H3,(H,21,24)/t11-,12+,14-/m0/s1. The number of nitrogens with zero attached hydrogens (tertiary/aromatic N) is 2. The van der Waals surface area contributed by atoms with Gasteiger partial charge in [-0.15, -0.1) is 0 Å². The van der Waals surface area contributed by atoms with Crippen LogP contribution in [0.4, 0.5) is 25.0 Å². The van der Waals surface area contributed by atoms with Gasteiger partial charge in [-0.25, -0.2) is 13.6 Å². The number of benzene rings is 1. The Balaban J connectivity index is 1.55. The van der Waals surface area contributed by atoms with Crippen molar-refractivity contribution < 1.29 is 23.1 Å². The quantitative estimate of drug-likeness (QED) is 0.846. The number of hydrogen-bond acceptors (Lipinski definition) is 5. The lowest BCUT2D eigenvalue weighted by atomic mass is 10.1. The van der Waals surface area contributed by atoms with Crippen LogP contribution in [0.3, 0.4) is 0 Å². The molecule has 27 heavy (non-hydrogen) atoms. The highest BCUT2D eigenvalue weighted by Crippen LogP contribution is 2.41. The van der Waals surface area contributed by atoms with Gasteiger partial charge >= 0.3 is 6.09 Å². The Morgan fingerprint density at radius 2 is 1.89 bits per heavy atom. The molecule has 0 unspecified atom stereocenters. The lowest BCUT2D eigenvalue weighted by Crippen LogP contribution is -2.43. The van der Waals surface area contributed by atoms with Crippen molar-refractivity contribution in [2.45, 2.75) is 38.0 Å². The molecule has 0 aromatic heterocycles. The van der Waals surface area contributed by atoms with Crippen molar-refractivity contribution in [3.8, 4) is 0 Å². The van der Waals surface area contributed by atoms with Gasteiger partial charge in [0.1, 0.15) is 11.8 Å². The van der Waals surface area contributed by atoms with Crippen molar-refractivity contribution in [2.24, 2.45) is 0 Å². The lowest BCUT2D eigenvalue weighted by molar-refractivity contribution is -0.119. The fourth-order valence-corrected chi connectivity index (χ4v) is 5.38. The third-order valence-corrected chi connectivity index (χ3v) is 6.51. The van der Waals surface area contributed by atoms with E-state index >= 15 is 0 Å². The van der Waals surface area contributed by atoms with Crippen LogP contribution in [0.2, 0.25) is 0 Å². The molecule has 0 aliphatic carbocycles. The van der Waals surface area contributed by atoms with Crippen LogP contribution < -0.4 is 15.1 Å². The van der Waals surface area contributed by atoms with Crippen LogP contribution in [0.1, 0.15) is 19.8 Å². The lowest BCUT2D eigenvalue weighted by Gasteiger charge is -2.37. The van der Waals surface area contributed by atoms with E-state index < -0.39 is 23.8 Å². The number of cyclic esters (lactones) is 1. The van der Waals surface area contributed by atoms with Crippen molar-refractivity contribution in [3.63, 3.8) is 0 Å². The summed E-state index contributed by atoms with van der Waals surface area (Å²) >= 11 is 1.83. The number of amides is 2. The van der Waals surface area contributed by atoms with Gasteiger partial charge in [-0.1, -0.05) is 0 Å². The molecule has 0 spiro atoms. The van der Waals surface area contributed by atoms with E-state index in [1.807, 2.05) is 16.7 Å². The molecule has 9 heteroatoms. The zero-order chi connectivity index (χ0) is 19.1. The summed E-state index contributed by atoms with van der Waals surface area (Å²) in [5.41, 5.74) is 0.136. The first-order chi connectivity index (χ1) is 12.9. The zero-order valence-corrected chi connectivity index (χ0v) is 15.7. The SMILES string of the molecule is CC(=O)NC[C@H]1CN(c2cc(F)c(N3[C@@H]4CC[C@H]3CSC4)c(F)c2)C(=O)O1. The average Bonchev–Trinajstić information content (AvgIpc) is 3.08. The minimum atomic E-state index is -0.675. The van der Waals surface area contributed by atoms with Crippen LogP contribution in [0.5, 0.6) is 0 Å². The van der Waals surface area contributed by atoms with E-state index in [9.17, 15) is 18.4 Å². The number of carbonyl (C=O) groups excluding carboxylic acids is 2. The van der Waals surface area contributed by atoms with Crippen molar-refractivity contribution in [1.29, 1.82) is 0 Å². The number of halogens is 2. The third-order valence-electron chi connectivity index (χ3n) is 5.26. The van der Waals surface area contributed by atoms with Crippen molar-refractivity contribution in [3.05, 3.63) is 23.8 Å². The molecule has 3 aliphatic heterocycles. The predicted octanol–water partition coefficient (Wildman–Crippen LogP) is 2.51. The largest absolute Gasteiger partial charge is 0.442 e. The average molecular weight is 397 g/mol. The molecule has 146 valence electrons. The summed E-state index contributed by atoms with van der Waals surface area (Å²) in [4.78, 5) is 26.2. The van der Waals surface area contributed by atoms with Crippen LogP contribution in [-0.4, -0.2) is 54.8 Å². The van der Waals surface area contributed by atoms with E-state index in [2.05, 4.69) is 5.32 Å². The molecule has 3 fully saturated rings. The number of ether oxygens (including phenoxy) is 1. The number of nitrogens with one attached hydrogen (secondary N) is 1. The van der Waals surface area contributed by atoms with E-state index in [-0.39, 0.29) is 42.5 Å². The highest BCUT2D eigenvalue weighted by molar-refractivity contribution is 7.99. The van der Waals surface area contributed by atoms with Gasteiger partial charge in [0.05, 0.1) is 18.8 Å². The van der Waals surface area contributed by atoms with Gasteiger partial charge in [0.15, 0.2) is 11.6 Å². The van der Waals surface area contributed by atoms with E-state index in [0.29, 0.717) is 0 Å². The Kier molecular flexibility index (Phi) is 4.88. The number of carbonyl (C=O) groups is 2. The first kappa shape index (κ1) is 18.3. The Morgan fingerprint density at radius 1 is 1.26 bits per heavy atom. The molecule has 0 saturated carbocycles. The van der Waals surface area contributed by atoms with Crippen LogP contribution in [0, 0.1) is 11.6 Å². The summed E-state index contributed by atoms with van der Waals surface area (Å²) in [6.07, 6.45) is 0.664. The van der Waals surface area contributed by atoms with Gasteiger partial charge < -0.3 is 15.0 Å². The second-order valence-electron chi connectivity index (χ2n) is 7.14. The van der Waals surface area contributed by atoms with Gasteiger partial charge in [-0.05, 0) is 12.8 Å². The second-order valence-corrected chi connectivity index (χ2v) is 8.22. The monoisotopic (exact) mass is 397 g/mol. The Morgan fingerprint density at radius 3 is 2.48 bits per heavy atom. The smallest absolute Gasteiger partial charge is 0.414 e. The number of fused-ring (bicyclic) bond motifs is 2. The number of anilines is 2. The van der Waals surface area contributed by atoms with Crippen molar-refractivity contribution in [2.75, 3.05) is 34.4 Å². The normalized spacial score (nSPS) is 27.1. The summed E-state index contributed by atoms with van der Waals surface area (Å²) in [6, 6.07) is 2.70. The summed E-state index contributed by atoms with van der Waals surface area (Å²) in [5, 5.41) is 2.57. The Bertz CT molecular complexity index is 739. The molecule has 2 bridgehead atoms. The molecule has 3 saturated heterocycles. The number of rotatable bonds is 4. The molecule has 1 aromatic carbocycles. The summed E-state index contributed by atoms with van der Waals surface area (Å²) < 4.78 is 34.9. The Hall–Kier alpha value is -2.03. The van der Waals surface area contributed by atoms with E-state index in [4.69, 9.17) is 4.74 Å². The summed E-state index contributed by atoms with van der Waals surface area (Å²) in [6.45, 7) is 1.66. The van der Waals surface area contributed by atoms with Crippen LogP contribution in [0.15, 0.2) is 12.1 Å². The minimum absolute atomic E-state index is 0.00825. The first-order valence-corrected chi connectivity index (χ1v) is 10.2. The fraction of sp³-hybridized carbons (Fsp3) is 0.556. The van der Waals surface area contributed by atoms with Gasteiger partial charge in [0.2, 0.25) is 5.91 Å². The molecule has 4 rings (SSSR count). The number of hydrogen-bond donors (Lipinski definition) is 1. The summed E-state index contributed by atoms with van der Waals surface area (Å²) in [5.74, 6) is 0.194. The van der Waals surface area contributed by atoms with Crippen LogP contribution in [0.25, 0.3) is 0 Å². The molecular weight excluding hydrogens is 376 g/mol. The summed E-state index contributed by atoms with van der Waals surface area (Å²) in [7, 11) is 0. The van der Waals surface area contributed by atoms with E-state index in [1.54, 1.807) is 0 Å². The topological polar surface area (TPSA) is 61.9 Å². The third kappa shape index (κ3) is 3.44. The van der Waals surface area contributed by atoms with Gasteiger partial charge in [0.25, 0.3) is 0 Å². The molecule has 1 N–H and O–H groups in total. The zero-order valence-electron chi connectivity index (χ0n) is 14.9. The maximum Gasteiger partial charge on any atom is 0.414 e.